The van der Waals surface area contributed by atoms with Crippen LogP contribution in [-0.4, -0.2) is 13.0 Å². The Balaban J connectivity index is 0.00000208. The Kier molecular flexibility index (Phi) is 6.23. The Hall–Kier alpha value is -2.04. The van der Waals surface area contributed by atoms with E-state index in [9.17, 15) is 4.79 Å². The van der Waals surface area contributed by atoms with Crippen molar-refractivity contribution in [1.82, 2.24) is 5.32 Å². The van der Waals surface area contributed by atoms with Crippen molar-refractivity contribution in [2.45, 2.75) is 31.3 Å². The molecule has 0 saturated carbocycles. The predicted octanol–water partition coefficient (Wildman–Crippen LogP) is 3.31. The second-order valence-electron chi connectivity index (χ2n) is 5.91. The highest BCUT2D eigenvalue weighted by atomic mass is 35.5. The molecule has 2 aromatic carbocycles. The van der Waals surface area contributed by atoms with Crippen LogP contribution in [0.3, 0.4) is 0 Å². The van der Waals surface area contributed by atoms with E-state index in [0.717, 1.165) is 29.7 Å². The number of amides is 1. The molecule has 0 bridgehead atoms. The summed E-state index contributed by atoms with van der Waals surface area (Å²) >= 11 is 0. The van der Waals surface area contributed by atoms with E-state index in [4.69, 9.17) is 10.5 Å². The van der Waals surface area contributed by atoms with E-state index in [-0.39, 0.29) is 30.4 Å². The molecule has 0 aromatic heterocycles. The van der Waals surface area contributed by atoms with Crippen LogP contribution in [0.4, 0.5) is 0 Å². The number of carbonyl (C=O) groups excluding carboxylic acids is 1. The minimum Gasteiger partial charge on any atom is -0.496 e. The van der Waals surface area contributed by atoms with Crippen LogP contribution in [0.15, 0.2) is 48.5 Å². The fourth-order valence-corrected chi connectivity index (χ4v) is 3.23. The molecule has 4 nitrogen and oxygen atoms in total. The number of methoxy groups -OCH3 is 1. The maximum Gasteiger partial charge on any atom is 0.222 e. The van der Waals surface area contributed by atoms with Crippen LogP contribution in [0.5, 0.6) is 5.75 Å². The number of ether oxygens (including phenoxy) is 1. The van der Waals surface area contributed by atoms with Gasteiger partial charge >= 0.3 is 0 Å². The fraction of sp³-hybridized carbons (Fsp3) is 0.316. The van der Waals surface area contributed by atoms with Crippen molar-refractivity contribution in [2.24, 2.45) is 5.73 Å². The van der Waals surface area contributed by atoms with Crippen LogP contribution in [0, 0.1) is 0 Å². The third-order valence-corrected chi connectivity index (χ3v) is 4.42. The van der Waals surface area contributed by atoms with Gasteiger partial charge in [-0.15, -0.1) is 12.4 Å². The first-order valence-electron chi connectivity index (χ1n) is 7.94. The van der Waals surface area contributed by atoms with Crippen LogP contribution in [0.2, 0.25) is 0 Å². The molecule has 0 radical (unpaired) electrons. The molecule has 0 fully saturated rings. The molecule has 2 atom stereocenters. The van der Waals surface area contributed by atoms with Crippen molar-refractivity contribution in [3.05, 3.63) is 65.2 Å². The van der Waals surface area contributed by atoms with E-state index in [1.165, 1.54) is 5.56 Å². The zero-order valence-corrected chi connectivity index (χ0v) is 14.5. The van der Waals surface area contributed by atoms with E-state index < -0.39 is 0 Å². The molecular weight excluding hydrogens is 324 g/mol. The SMILES string of the molecule is COc1cccc2c1CCC2NC(=O)CC(N)c1ccccc1.Cl. The number of fused-ring (bicyclic) bond motifs is 1. The molecule has 3 N–H and O–H groups in total. The van der Waals surface area contributed by atoms with E-state index in [1.807, 2.05) is 42.5 Å². The van der Waals surface area contributed by atoms with E-state index in [1.54, 1.807) is 7.11 Å². The molecule has 0 spiro atoms. The monoisotopic (exact) mass is 346 g/mol. The smallest absolute Gasteiger partial charge is 0.222 e. The number of rotatable bonds is 5. The summed E-state index contributed by atoms with van der Waals surface area (Å²) in [5.74, 6) is 0.891. The molecule has 1 aliphatic carbocycles. The Bertz CT molecular complexity index is 691. The molecule has 24 heavy (non-hydrogen) atoms. The van der Waals surface area contributed by atoms with Gasteiger partial charge in [0.25, 0.3) is 0 Å². The maximum atomic E-state index is 12.3. The Morgan fingerprint density at radius 3 is 2.71 bits per heavy atom. The highest BCUT2D eigenvalue weighted by molar-refractivity contribution is 5.85. The highest BCUT2D eigenvalue weighted by Gasteiger charge is 2.26. The van der Waals surface area contributed by atoms with Crippen molar-refractivity contribution in [1.29, 1.82) is 0 Å². The van der Waals surface area contributed by atoms with Crippen LogP contribution in [0.1, 0.15) is 41.6 Å². The van der Waals surface area contributed by atoms with Crippen LogP contribution in [-0.2, 0) is 11.2 Å². The topological polar surface area (TPSA) is 64.3 Å². The summed E-state index contributed by atoms with van der Waals surface area (Å²) in [6.07, 6.45) is 2.12. The second kappa shape index (κ2) is 8.18. The third-order valence-electron chi connectivity index (χ3n) is 4.42. The van der Waals surface area contributed by atoms with Gasteiger partial charge in [0.2, 0.25) is 5.91 Å². The van der Waals surface area contributed by atoms with Crippen molar-refractivity contribution in [2.75, 3.05) is 7.11 Å². The van der Waals surface area contributed by atoms with Gasteiger partial charge in [-0.2, -0.15) is 0 Å². The van der Waals surface area contributed by atoms with Crippen molar-refractivity contribution >= 4 is 18.3 Å². The Morgan fingerprint density at radius 2 is 2.00 bits per heavy atom. The lowest BCUT2D eigenvalue weighted by Crippen LogP contribution is -2.30. The van der Waals surface area contributed by atoms with Gasteiger partial charge in [0.1, 0.15) is 5.75 Å². The zero-order chi connectivity index (χ0) is 16.2. The standard InChI is InChI=1S/C19H22N2O2.ClH/c1-23-18-9-5-8-14-15(18)10-11-17(14)21-19(22)12-16(20)13-6-3-2-4-7-13;/h2-9,16-17H,10-12,20H2,1H3,(H,21,22);1H. The first kappa shape index (κ1) is 18.3. The predicted molar refractivity (Wildman–Crippen MR) is 97.4 cm³/mol. The normalized spacial score (nSPS) is 16.7. The third kappa shape index (κ3) is 3.89. The van der Waals surface area contributed by atoms with Crippen molar-refractivity contribution in [3.63, 3.8) is 0 Å². The summed E-state index contributed by atoms with van der Waals surface area (Å²) < 4.78 is 5.40. The second-order valence-corrected chi connectivity index (χ2v) is 5.91. The maximum absolute atomic E-state index is 12.3. The zero-order valence-electron chi connectivity index (χ0n) is 13.7. The average Bonchev–Trinajstić information content (AvgIpc) is 2.98. The molecule has 0 aliphatic heterocycles. The van der Waals surface area contributed by atoms with Gasteiger partial charge in [0.05, 0.1) is 13.2 Å². The number of nitrogens with one attached hydrogen (secondary N) is 1. The first-order valence-corrected chi connectivity index (χ1v) is 7.94. The highest BCUT2D eigenvalue weighted by Crippen LogP contribution is 2.36. The summed E-state index contributed by atoms with van der Waals surface area (Å²) in [6.45, 7) is 0. The van der Waals surface area contributed by atoms with Crippen molar-refractivity contribution in [3.8, 4) is 5.75 Å². The van der Waals surface area contributed by atoms with Crippen LogP contribution in [0.25, 0.3) is 0 Å². The first-order chi connectivity index (χ1) is 11.2. The van der Waals surface area contributed by atoms with Gasteiger partial charge in [-0.3, -0.25) is 4.79 Å². The molecule has 1 amide bonds. The minimum atomic E-state index is -0.276. The number of hydrogen-bond acceptors (Lipinski definition) is 3. The summed E-state index contributed by atoms with van der Waals surface area (Å²) in [4.78, 5) is 12.3. The summed E-state index contributed by atoms with van der Waals surface area (Å²) in [5.41, 5.74) is 9.47. The summed E-state index contributed by atoms with van der Waals surface area (Å²) in [5, 5.41) is 3.11. The number of hydrogen-bond donors (Lipinski definition) is 2. The van der Waals surface area contributed by atoms with Gasteiger partial charge in [0, 0.05) is 12.5 Å². The van der Waals surface area contributed by atoms with Gasteiger partial charge in [-0.05, 0) is 35.6 Å². The lowest BCUT2D eigenvalue weighted by Gasteiger charge is -2.17. The van der Waals surface area contributed by atoms with Crippen LogP contribution < -0.4 is 15.8 Å². The largest absolute Gasteiger partial charge is 0.496 e. The molecular formula is C19H23ClN2O2. The van der Waals surface area contributed by atoms with Gasteiger partial charge in [0.15, 0.2) is 0 Å². The molecule has 3 rings (SSSR count). The fourth-order valence-electron chi connectivity index (χ4n) is 3.23. The number of carbonyl (C=O) groups is 1. The number of nitrogens with two attached hydrogens (primary N) is 1. The van der Waals surface area contributed by atoms with Gasteiger partial charge < -0.3 is 15.8 Å². The Morgan fingerprint density at radius 1 is 1.25 bits per heavy atom. The van der Waals surface area contributed by atoms with Crippen molar-refractivity contribution < 1.29 is 9.53 Å². The van der Waals surface area contributed by atoms with E-state index in [2.05, 4.69) is 11.4 Å². The molecule has 2 unspecified atom stereocenters. The summed E-state index contributed by atoms with van der Waals surface area (Å²) in [7, 11) is 1.68. The van der Waals surface area contributed by atoms with Crippen LogP contribution >= 0.6 is 12.4 Å². The lowest BCUT2D eigenvalue weighted by atomic mass is 10.0. The summed E-state index contributed by atoms with van der Waals surface area (Å²) in [6, 6.07) is 15.5. The molecule has 0 saturated heterocycles. The van der Waals surface area contributed by atoms with E-state index >= 15 is 0 Å². The lowest BCUT2D eigenvalue weighted by molar-refractivity contribution is -0.122. The number of halogens is 1. The minimum absolute atomic E-state index is 0. The Labute approximate surface area is 148 Å². The molecule has 5 heteroatoms. The molecule has 0 heterocycles. The number of benzene rings is 2. The molecule has 2 aromatic rings. The quantitative estimate of drug-likeness (QED) is 0.873. The molecule has 1 aliphatic rings. The van der Waals surface area contributed by atoms with E-state index in [0.29, 0.717) is 6.42 Å². The van der Waals surface area contributed by atoms with Gasteiger partial charge in [-0.25, -0.2) is 0 Å². The molecule has 128 valence electrons. The van der Waals surface area contributed by atoms with Gasteiger partial charge in [-0.1, -0.05) is 42.5 Å². The average molecular weight is 347 g/mol.